The van der Waals surface area contributed by atoms with Gasteiger partial charge in [0.25, 0.3) is 0 Å². The van der Waals surface area contributed by atoms with E-state index in [2.05, 4.69) is 78.9 Å². The molecule has 2 N–H and O–H groups in total. The molecule has 0 aromatic heterocycles. The Labute approximate surface area is 194 Å². The molecule has 0 atom stereocenters. The van der Waals surface area contributed by atoms with Gasteiger partial charge in [0, 0.05) is 16.3 Å². The third kappa shape index (κ3) is 5.08. The number of hydrogen-bond acceptors (Lipinski definition) is 1. The van der Waals surface area contributed by atoms with Crippen LogP contribution in [0.3, 0.4) is 0 Å². The van der Waals surface area contributed by atoms with E-state index in [1.807, 2.05) is 54.6 Å². The molecular weight excluding hydrogens is 410 g/mol. The van der Waals surface area contributed by atoms with E-state index in [4.69, 9.17) is 17.3 Å². The van der Waals surface area contributed by atoms with Crippen LogP contribution < -0.4 is 5.73 Å². The first kappa shape index (κ1) is 21.4. The topological polar surface area (TPSA) is 26.0 Å². The first-order chi connectivity index (χ1) is 15.7. The lowest BCUT2D eigenvalue weighted by molar-refractivity contribution is 1.56. The fourth-order valence-electron chi connectivity index (χ4n) is 3.68. The normalized spacial score (nSPS) is 10.2. The van der Waals surface area contributed by atoms with Gasteiger partial charge in [-0.2, -0.15) is 0 Å². The first-order valence-electron chi connectivity index (χ1n) is 10.5. The lowest BCUT2D eigenvalue weighted by atomic mass is 9.87. The van der Waals surface area contributed by atoms with Gasteiger partial charge >= 0.3 is 0 Å². The maximum absolute atomic E-state index is 6.67. The van der Waals surface area contributed by atoms with Gasteiger partial charge in [0.05, 0.1) is 0 Å². The molecule has 0 aliphatic rings. The number of halogens is 1. The monoisotopic (exact) mass is 433 g/mol. The summed E-state index contributed by atoms with van der Waals surface area (Å²) in [4.78, 5) is 0. The van der Waals surface area contributed by atoms with Crippen molar-refractivity contribution in [3.63, 3.8) is 0 Å². The van der Waals surface area contributed by atoms with Gasteiger partial charge in [-0.05, 0) is 46.0 Å². The van der Waals surface area contributed by atoms with Gasteiger partial charge in [0.1, 0.15) is 0 Å². The van der Waals surface area contributed by atoms with E-state index < -0.39 is 0 Å². The Morgan fingerprint density at radius 3 is 1.25 bits per heavy atom. The molecule has 0 fully saturated rings. The van der Waals surface area contributed by atoms with Gasteiger partial charge in [-0.15, -0.1) is 0 Å². The number of para-hydroxylation sites is 1. The third-order valence-corrected chi connectivity index (χ3v) is 5.48. The average Bonchev–Trinajstić information content (AvgIpc) is 2.86. The number of hydrogen-bond donors (Lipinski definition) is 1. The van der Waals surface area contributed by atoms with Crippen LogP contribution >= 0.6 is 11.6 Å². The molecule has 5 aromatic carbocycles. The van der Waals surface area contributed by atoms with Crippen molar-refractivity contribution in [3.05, 3.63) is 138 Å². The standard InChI is InChI=1S/C24H17Cl.C6H7N/c25-22-17-16-21(18-10-4-1-5-11-18)23(19-12-6-2-7-13-19)24(22)20-14-8-3-9-15-20;7-6-4-2-1-3-5-6/h1-17H;1-5H,7H2. The summed E-state index contributed by atoms with van der Waals surface area (Å²) >= 11 is 6.67. The van der Waals surface area contributed by atoms with E-state index >= 15 is 0 Å². The van der Waals surface area contributed by atoms with E-state index in [0.717, 1.165) is 21.8 Å². The SMILES string of the molecule is Clc1ccc(-c2ccccc2)c(-c2ccccc2)c1-c1ccccc1.Nc1ccccc1. The van der Waals surface area contributed by atoms with Gasteiger partial charge < -0.3 is 5.73 Å². The highest BCUT2D eigenvalue weighted by Gasteiger charge is 2.16. The summed E-state index contributed by atoms with van der Waals surface area (Å²) in [6.45, 7) is 0. The van der Waals surface area contributed by atoms with Crippen LogP contribution in [-0.2, 0) is 0 Å². The van der Waals surface area contributed by atoms with E-state index in [9.17, 15) is 0 Å². The largest absolute Gasteiger partial charge is 0.399 e. The van der Waals surface area contributed by atoms with E-state index in [1.165, 1.54) is 22.3 Å². The van der Waals surface area contributed by atoms with Gasteiger partial charge in [0.2, 0.25) is 0 Å². The predicted molar refractivity (Wildman–Crippen MR) is 139 cm³/mol. The first-order valence-corrected chi connectivity index (χ1v) is 10.9. The molecule has 0 heterocycles. The second-order valence-corrected chi connectivity index (χ2v) is 7.76. The van der Waals surface area contributed by atoms with Crippen molar-refractivity contribution in [1.29, 1.82) is 0 Å². The van der Waals surface area contributed by atoms with Crippen molar-refractivity contribution in [3.8, 4) is 33.4 Å². The number of rotatable bonds is 3. The zero-order chi connectivity index (χ0) is 22.2. The highest BCUT2D eigenvalue weighted by atomic mass is 35.5. The van der Waals surface area contributed by atoms with Gasteiger partial charge in [-0.3, -0.25) is 0 Å². The number of nitrogen functional groups attached to an aromatic ring is 1. The summed E-state index contributed by atoms with van der Waals surface area (Å²) in [5.41, 5.74) is 13.1. The van der Waals surface area contributed by atoms with Crippen molar-refractivity contribution in [2.75, 3.05) is 5.73 Å². The minimum absolute atomic E-state index is 0.768. The van der Waals surface area contributed by atoms with Crippen molar-refractivity contribution in [1.82, 2.24) is 0 Å². The number of nitrogens with two attached hydrogens (primary N) is 1. The van der Waals surface area contributed by atoms with Crippen molar-refractivity contribution in [2.24, 2.45) is 0 Å². The number of anilines is 1. The molecule has 0 amide bonds. The minimum atomic E-state index is 0.768. The van der Waals surface area contributed by atoms with Crippen LogP contribution in [0, 0.1) is 0 Å². The molecule has 0 spiro atoms. The van der Waals surface area contributed by atoms with Crippen LogP contribution in [0.25, 0.3) is 33.4 Å². The Kier molecular flexibility index (Phi) is 7.01. The van der Waals surface area contributed by atoms with Gasteiger partial charge in [-0.25, -0.2) is 0 Å². The maximum Gasteiger partial charge on any atom is 0.0491 e. The molecule has 0 aliphatic heterocycles. The highest BCUT2D eigenvalue weighted by molar-refractivity contribution is 6.34. The van der Waals surface area contributed by atoms with E-state index in [1.54, 1.807) is 0 Å². The minimum Gasteiger partial charge on any atom is -0.399 e. The summed E-state index contributed by atoms with van der Waals surface area (Å²) in [7, 11) is 0. The molecule has 0 bridgehead atoms. The second kappa shape index (κ2) is 10.5. The molecule has 0 saturated heterocycles. The van der Waals surface area contributed by atoms with Gasteiger partial charge in [-0.1, -0.05) is 127 Å². The molecule has 32 heavy (non-hydrogen) atoms. The predicted octanol–water partition coefficient (Wildman–Crippen LogP) is 8.61. The van der Waals surface area contributed by atoms with Crippen LogP contribution in [-0.4, -0.2) is 0 Å². The molecule has 0 saturated carbocycles. The molecule has 0 unspecified atom stereocenters. The Hall–Kier alpha value is -3.81. The summed E-state index contributed by atoms with van der Waals surface area (Å²) in [5.74, 6) is 0. The molecule has 5 aromatic rings. The van der Waals surface area contributed by atoms with Crippen LogP contribution in [0.15, 0.2) is 133 Å². The quantitative estimate of drug-likeness (QED) is 0.283. The summed E-state index contributed by atoms with van der Waals surface area (Å²) in [6, 6.07) is 44.9. The van der Waals surface area contributed by atoms with E-state index in [-0.39, 0.29) is 0 Å². The molecular formula is C30H24ClN. The zero-order valence-electron chi connectivity index (χ0n) is 17.7. The molecule has 0 radical (unpaired) electrons. The maximum atomic E-state index is 6.67. The Morgan fingerprint density at radius 2 is 0.812 bits per heavy atom. The van der Waals surface area contributed by atoms with Crippen LogP contribution in [0.4, 0.5) is 5.69 Å². The Bertz CT molecular complexity index is 1250. The molecule has 0 aliphatic carbocycles. The highest BCUT2D eigenvalue weighted by Crippen LogP contribution is 2.43. The van der Waals surface area contributed by atoms with Crippen molar-refractivity contribution >= 4 is 17.3 Å². The summed E-state index contributed by atoms with van der Waals surface area (Å²) in [5, 5.41) is 0.768. The average molecular weight is 434 g/mol. The second-order valence-electron chi connectivity index (χ2n) is 7.35. The third-order valence-electron chi connectivity index (χ3n) is 5.16. The summed E-state index contributed by atoms with van der Waals surface area (Å²) < 4.78 is 0. The number of benzene rings is 5. The van der Waals surface area contributed by atoms with E-state index in [0.29, 0.717) is 0 Å². The van der Waals surface area contributed by atoms with Crippen molar-refractivity contribution in [2.45, 2.75) is 0 Å². The molecule has 156 valence electrons. The zero-order valence-corrected chi connectivity index (χ0v) is 18.4. The smallest absolute Gasteiger partial charge is 0.0491 e. The van der Waals surface area contributed by atoms with Crippen LogP contribution in [0.2, 0.25) is 5.02 Å². The van der Waals surface area contributed by atoms with Crippen LogP contribution in [0.5, 0.6) is 0 Å². The molecule has 5 rings (SSSR count). The van der Waals surface area contributed by atoms with Crippen LogP contribution in [0.1, 0.15) is 0 Å². The van der Waals surface area contributed by atoms with Gasteiger partial charge in [0.15, 0.2) is 0 Å². The molecule has 2 heteroatoms. The Morgan fingerprint density at radius 1 is 0.406 bits per heavy atom. The molecule has 1 nitrogen and oxygen atoms in total. The lowest BCUT2D eigenvalue weighted by Crippen LogP contribution is -1.91. The fourth-order valence-corrected chi connectivity index (χ4v) is 3.95. The summed E-state index contributed by atoms with van der Waals surface area (Å²) in [6.07, 6.45) is 0. The Balaban J connectivity index is 0.000000300. The van der Waals surface area contributed by atoms with Crippen molar-refractivity contribution < 1.29 is 0 Å². The lowest BCUT2D eigenvalue weighted by Gasteiger charge is -2.18. The fraction of sp³-hybridized carbons (Fsp3) is 0.